The Morgan fingerprint density at radius 1 is 1.24 bits per heavy atom. The van der Waals surface area contributed by atoms with Gasteiger partial charge in [0.05, 0.1) is 14.2 Å². The van der Waals surface area contributed by atoms with Crippen molar-refractivity contribution < 1.29 is 14.3 Å². The minimum atomic E-state index is 0.000620. The summed E-state index contributed by atoms with van der Waals surface area (Å²) in [6.07, 6.45) is 4.76. The Morgan fingerprint density at radius 2 is 2.00 bits per heavy atom. The maximum atomic E-state index is 12.4. The van der Waals surface area contributed by atoms with Gasteiger partial charge in [0.2, 0.25) is 5.78 Å². The average molecular weight is 288 g/mol. The average Bonchev–Trinajstić information content (AvgIpc) is 2.96. The van der Waals surface area contributed by atoms with Gasteiger partial charge in [-0.05, 0) is 24.1 Å². The molecule has 21 heavy (non-hydrogen) atoms. The van der Waals surface area contributed by atoms with Crippen LogP contribution in [0.2, 0.25) is 0 Å². The molecule has 0 aliphatic heterocycles. The predicted octanol–water partition coefficient (Wildman–Crippen LogP) is 2.74. The number of methoxy groups -OCH3 is 2. The molecule has 0 atom stereocenters. The number of nitrogens with zero attached hydrogens (tertiary/aromatic N) is 2. The molecule has 0 bridgehead atoms. The highest BCUT2D eigenvalue weighted by atomic mass is 16.5. The third kappa shape index (κ3) is 3.42. The van der Waals surface area contributed by atoms with Crippen LogP contribution in [0.3, 0.4) is 0 Å². The molecule has 2 aromatic rings. The van der Waals surface area contributed by atoms with Gasteiger partial charge in [0, 0.05) is 25.4 Å². The molecular formula is C16H20N2O3. The van der Waals surface area contributed by atoms with Crippen LogP contribution in [0.4, 0.5) is 0 Å². The molecule has 0 saturated heterocycles. The second kappa shape index (κ2) is 6.92. The van der Waals surface area contributed by atoms with Gasteiger partial charge >= 0.3 is 0 Å². The molecule has 112 valence electrons. The van der Waals surface area contributed by atoms with Crippen LogP contribution in [-0.2, 0) is 13.0 Å². The van der Waals surface area contributed by atoms with Crippen molar-refractivity contribution in [2.75, 3.05) is 14.2 Å². The summed E-state index contributed by atoms with van der Waals surface area (Å²) in [7, 11) is 3.17. The van der Waals surface area contributed by atoms with Crippen LogP contribution in [-0.4, -0.2) is 29.6 Å². The van der Waals surface area contributed by atoms with E-state index in [2.05, 4.69) is 11.9 Å². The topological polar surface area (TPSA) is 53.4 Å². The van der Waals surface area contributed by atoms with Crippen molar-refractivity contribution in [1.82, 2.24) is 9.55 Å². The van der Waals surface area contributed by atoms with E-state index in [4.69, 9.17) is 9.47 Å². The van der Waals surface area contributed by atoms with Crippen molar-refractivity contribution in [2.24, 2.45) is 0 Å². The van der Waals surface area contributed by atoms with Crippen LogP contribution in [0.25, 0.3) is 0 Å². The molecule has 0 fully saturated rings. The van der Waals surface area contributed by atoms with Crippen LogP contribution < -0.4 is 9.47 Å². The number of carbonyl (C=O) groups excluding carboxylic acids is 1. The van der Waals surface area contributed by atoms with Crippen LogP contribution in [0, 0.1) is 0 Å². The molecule has 0 aliphatic carbocycles. The molecule has 0 amide bonds. The molecule has 1 heterocycles. The number of carbonyl (C=O) groups is 1. The zero-order chi connectivity index (χ0) is 15.2. The van der Waals surface area contributed by atoms with Gasteiger partial charge in [-0.15, -0.1) is 0 Å². The molecule has 5 heteroatoms. The van der Waals surface area contributed by atoms with E-state index in [1.54, 1.807) is 26.5 Å². The highest BCUT2D eigenvalue weighted by molar-refractivity contribution is 5.94. The van der Waals surface area contributed by atoms with Crippen LogP contribution in [0.5, 0.6) is 11.5 Å². The summed E-state index contributed by atoms with van der Waals surface area (Å²) in [5.74, 6) is 1.79. The van der Waals surface area contributed by atoms with Crippen molar-refractivity contribution in [2.45, 2.75) is 26.3 Å². The van der Waals surface area contributed by atoms with E-state index in [0.717, 1.165) is 18.5 Å². The zero-order valence-corrected chi connectivity index (χ0v) is 12.6. The third-order valence-electron chi connectivity index (χ3n) is 3.24. The molecule has 5 nitrogen and oxygen atoms in total. The number of rotatable bonds is 7. The lowest BCUT2D eigenvalue weighted by molar-refractivity contribution is 0.0978. The van der Waals surface area contributed by atoms with Gasteiger partial charge in [-0.25, -0.2) is 4.98 Å². The monoisotopic (exact) mass is 288 g/mol. The van der Waals surface area contributed by atoms with Gasteiger partial charge in [0.15, 0.2) is 17.3 Å². The molecule has 0 N–H and O–H groups in total. The Kier molecular flexibility index (Phi) is 4.98. The van der Waals surface area contributed by atoms with Crippen LogP contribution in [0.15, 0.2) is 30.6 Å². The van der Waals surface area contributed by atoms with Crippen LogP contribution >= 0.6 is 0 Å². The molecule has 2 rings (SSSR count). The Bertz CT molecular complexity index is 620. The van der Waals surface area contributed by atoms with E-state index in [1.807, 2.05) is 22.9 Å². The van der Waals surface area contributed by atoms with E-state index >= 15 is 0 Å². The third-order valence-corrected chi connectivity index (χ3v) is 3.24. The molecule has 0 aliphatic rings. The smallest absolute Gasteiger partial charge is 0.202 e. The van der Waals surface area contributed by atoms with E-state index in [9.17, 15) is 4.79 Å². The van der Waals surface area contributed by atoms with Crippen molar-refractivity contribution in [3.05, 3.63) is 42.0 Å². The number of aromatic nitrogens is 2. The Hall–Kier alpha value is -2.30. The SMILES string of the molecule is CCCn1ccnc1C(=O)Cc1ccc(OC)c(OC)c1. The number of aryl methyl sites for hydroxylation is 1. The summed E-state index contributed by atoms with van der Waals surface area (Å²) in [5.41, 5.74) is 0.878. The number of hydrogen-bond donors (Lipinski definition) is 0. The van der Waals surface area contributed by atoms with E-state index in [-0.39, 0.29) is 5.78 Å². The first kappa shape index (κ1) is 15.1. The summed E-state index contributed by atoms with van der Waals surface area (Å²) >= 11 is 0. The van der Waals surface area contributed by atoms with Gasteiger partial charge in [0.25, 0.3) is 0 Å². The van der Waals surface area contributed by atoms with Gasteiger partial charge < -0.3 is 14.0 Å². The summed E-state index contributed by atoms with van der Waals surface area (Å²) in [6, 6.07) is 5.50. The normalized spacial score (nSPS) is 10.4. The molecule has 1 aromatic carbocycles. The summed E-state index contributed by atoms with van der Waals surface area (Å²) < 4.78 is 12.3. The lowest BCUT2D eigenvalue weighted by Crippen LogP contribution is -2.12. The lowest BCUT2D eigenvalue weighted by atomic mass is 10.1. The number of hydrogen-bond acceptors (Lipinski definition) is 4. The van der Waals surface area contributed by atoms with E-state index < -0.39 is 0 Å². The highest BCUT2D eigenvalue weighted by Crippen LogP contribution is 2.27. The molecule has 0 radical (unpaired) electrons. The second-order valence-corrected chi connectivity index (χ2v) is 4.73. The van der Waals surface area contributed by atoms with Crippen molar-refractivity contribution in [3.63, 3.8) is 0 Å². The fourth-order valence-electron chi connectivity index (χ4n) is 2.24. The fourth-order valence-corrected chi connectivity index (χ4v) is 2.24. The number of imidazole rings is 1. The first-order chi connectivity index (χ1) is 10.2. The number of Topliss-reactive ketones (excluding diaryl/α,β-unsaturated/α-hetero) is 1. The fraction of sp³-hybridized carbons (Fsp3) is 0.375. The molecule has 1 aromatic heterocycles. The van der Waals surface area contributed by atoms with Crippen molar-refractivity contribution in [3.8, 4) is 11.5 Å². The minimum absolute atomic E-state index is 0.000620. The zero-order valence-electron chi connectivity index (χ0n) is 12.6. The highest BCUT2D eigenvalue weighted by Gasteiger charge is 2.14. The summed E-state index contributed by atoms with van der Waals surface area (Å²) in [4.78, 5) is 16.5. The van der Waals surface area contributed by atoms with E-state index in [1.165, 1.54) is 0 Å². The summed E-state index contributed by atoms with van der Waals surface area (Å²) in [5, 5.41) is 0. The lowest BCUT2D eigenvalue weighted by Gasteiger charge is -2.09. The van der Waals surface area contributed by atoms with Gasteiger partial charge in [-0.2, -0.15) is 0 Å². The number of benzene rings is 1. The van der Waals surface area contributed by atoms with Gasteiger partial charge in [-0.1, -0.05) is 13.0 Å². The molecule has 0 spiro atoms. The molecule has 0 unspecified atom stereocenters. The first-order valence-corrected chi connectivity index (χ1v) is 6.94. The standard InChI is InChI=1S/C16H20N2O3/c1-4-8-18-9-7-17-16(18)13(19)10-12-5-6-14(20-2)15(11-12)21-3/h5-7,9,11H,4,8,10H2,1-3H3. The molecular weight excluding hydrogens is 268 g/mol. The summed E-state index contributed by atoms with van der Waals surface area (Å²) in [6.45, 7) is 2.87. The van der Waals surface area contributed by atoms with E-state index in [0.29, 0.717) is 23.7 Å². The van der Waals surface area contributed by atoms with Crippen molar-refractivity contribution >= 4 is 5.78 Å². The largest absolute Gasteiger partial charge is 0.493 e. The number of ether oxygens (including phenoxy) is 2. The Labute approximate surface area is 124 Å². The minimum Gasteiger partial charge on any atom is -0.493 e. The van der Waals surface area contributed by atoms with Gasteiger partial charge in [-0.3, -0.25) is 4.79 Å². The quantitative estimate of drug-likeness (QED) is 0.735. The van der Waals surface area contributed by atoms with Crippen LogP contribution in [0.1, 0.15) is 29.5 Å². The number of ketones is 1. The predicted molar refractivity (Wildman–Crippen MR) is 80.1 cm³/mol. The molecule has 0 saturated carbocycles. The maximum absolute atomic E-state index is 12.4. The van der Waals surface area contributed by atoms with Crippen molar-refractivity contribution in [1.29, 1.82) is 0 Å². The Balaban J connectivity index is 2.17. The second-order valence-electron chi connectivity index (χ2n) is 4.73. The Morgan fingerprint density at radius 3 is 2.67 bits per heavy atom. The van der Waals surface area contributed by atoms with Gasteiger partial charge in [0.1, 0.15) is 0 Å². The first-order valence-electron chi connectivity index (χ1n) is 6.94. The maximum Gasteiger partial charge on any atom is 0.202 e.